The zero-order chi connectivity index (χ0) is 26.7. The smallest absolute Gasteiger partial charge is 0.318 e. The average molecular weight is 623 g/mol. The molecule has 0 amide bonds. The summed E-state index contributed by atoms with van der Waals surface area (Å²) >= 11 is 0. The molecule has 6 bridgehead atoms. The van der Waals surface area contributed by atoms with Gasteiger partial charge in [-0.3, -0.25) is 19.2 Å². The Bertz CT molecular complexity index is 1040. The van der Waals surface area contributed by atoms with Gasteiger partial charge < -0.3 is 14.2 Å². The van der Waals surface area contributed by atoms with Crippen LogP contribution in [0.3, 0.4) is 0 Å². The van der Waals surface area contributed by atoms with Crippen molar-refractivity contribution in [2.24, 2.45) is 76.4 Å². The van der Waals surface area contributed by atoms with Crippen molar-refractivity contribution in [1.29, 1.82) is 0 Å². The lowest BCUT2D eigenvalue weighted by Crippen LogP contribution is -2.58. The van der Waals surface area contributed by atoms with Gasteiger partial charge in [0.15, 0.2) is 0 Å². The monoisotopic (exact) mass is 622 g/mol. The van der Waals surface area contributed by atoms with Crippen molar-refractivity contribution < 1.29 is 33.4 Å². The van der Waals surface area contributed by atoms with Crippen molar-refractivity contribution in [1.82, 2.24) is 0 Å². The zero-order valence-corrected chi connectivity index (χ0v) is 23.1. The lowest BCUT2D eigenvalue weighted by molar-refractivity contribution is -0.205. The van der Waals surface area contributed by atoms with Crippen LogP contribution < -0.4 is 0 Å². The first-order valence-corrected chi connectivity index (χ1v) is 15.1. The molecule has 7 heteroatoms. The van der Waals surface area contributed by atoms with Crippen LogP contribution in [0.1, 0.15) is 124 Å². The van der Waals surface area contributed by atoms with Crippen molar-refractivity contribution in [3.05, 3.63) is 0 Å². The maximum absolute atomic E-state index is 14.2. The number of hydrogen-bond acceptors (Lipinski definition) is 7. The van der Waals surface area contributed by atoms with E-state index >= 15 is 0 Å². The molecule has 2 aliphatic heterocycles. The number of ether oxygens (including phenoxy) is 3. The molecule has 8 rings (SSSR count). The maximum Gasteiger partial charge on any atom is 0.318 e. The summed E-state index contributed by atoms with van der Waals surface area (Å²) in [4.78, 5) is 51.9. The molecule has 6 aliphatic carbocycles. The van der Waals surface area contributed by atoms with Crippen molar-refractivity contribution in [2.75, 3.05) is 6.61 Å². The van der Waals surface area contributed by atoms with Crippen LogP contribution >= 0.6 is 0 Å². The van der Waals surface area contributed by atoms with Crippen LogP contribution in [0.25, 0.3) is 0 Å². The highest BCUT2D eigenvalue weighted by Gasteiger charge is 2.64. The SMILES string of the molecule is C.C.C.C.C.C.CC1C(=O)OC(=O)C1C(CC1C(C)C2CC1C1COC(=O)C21)C(=O)OC(C)(C)C12CC3CC(CC(C3)C1)C2. The molecule has 7 nitrogen and oxygen atoms in total. The van der Waals surface area contributed by atoms with E-state index in [1.54, 1.807) is 6.92 Å². The van der Waals surface area contributed by atoms with Gasteiger partial charge in [0.2, 0.25) is 0 Å². The Morgan fingerprint density at radius 2 is 1.36 bits per heavy atom. The maximum atomic E-state index is 14.2. The van der Waals surface area contributed by atoms with Gasteiger partial charge in [-0.05, 0) is 107 Å². The summed E-state index contributed by atoms with van der Waals surface area (Å²) in [6.07, 6.45) is 8.76. The minimum Gasteiger partial charge on any atom is -0.465 e. The molecule has 0 aromatic carbocycles. The highest BCUT2D eigenvalue weighted by atomic mass is 16.6. The number of esters is 4. The van der Waals surface area contributed by atoms with Gasteiger partial charge in [0, 0.05) is 11.3 Å². The normalized spacial score (nSPS) is 42.5. The van der Waals surface area contributed by atoms with Crippen LogP contribution in [0, 0.1) is 76.4 Å². The fourth-order valence-corrected chi connectivity index (χ4v) is 11.3. The number of fused-ring (bicyclic) bond motifs is 5. The average Bonchev–Trinajstić information content (AvgIpc) is 3.54. The topological polar surface area (TPSA) is 96.0 Å². The molecule has 0 spiro atoms. The second kappa shape index (κ2) is 13.4. The third-order valence-electron chi connectivity index (χ3n) is 12.9. The number of carbonyl (C=O) groups excluding carboxylic acids is 4. The van der Waals surface area contributed by atoms with E-state index in [-0.39, 0.29) is 91.5 Å². The fourth-order valence-electron chi connectivity index (χ4n) is 11.3. The number of hydrogen-bond donors (Lipinski definition) is 0. The van der Waals surface area contributed by atoms with Crippen LogP contribution in [-0.2, 0) is 33.4 Å². The molecular formula is C37H66O7. The predicted molar refractivity (Wildman–Crippen MR) is 175 cm³/mol. The lowest BCUT2D eigenvalue weighted by atomic mass is 9.46. The van der Waals surface area contributed by atoms with Gasteiger partial charge in [0.25, 0.3) is 0 Å². The van der Waals surface area contributed by atoms with E-state index < -0.39 is 35.3 Å². The molecule has 0 aromatic rings. The van der Waals surface area contributed by atoms with E-state index in [0.717, 1.165) is 43.4 Å². The summed E-state index contributed by atoms with van der Waals surface area (Å²) in [6.45, 7) is 8.51. The Morgan fingerprint density at radius 3 is 1.86 bits per heavy atom. The fraction of sp³-hybridized carbons (Fsp3) is 0.892. The second-order valence-corrected chi connectivity index (χ2v) is 14.9. The molecule has 0 aromatic heterocycles. The lowest BCUT2D eigenvalue weighted by Gasteiger charge is -2.61. The van der Waals surface area contributed by atoms with E-state index in [4.69, 9.17) is 14.2 Å². The first-order valence-electron chi connectivity index (χ1n) is 15.1. The van der Waals surface area contributed by atoms with Crippen LogP contribution in [-0.4, -0.2) is 36.1 Å². The Hall–Kier alpha value is -1.92. The van der Waals surface area contributed by atoms with E-state index in [2.05, 4.69) is 20.8 Å². The van der Waals surface area contributed by atoms with Gasteiger partial charge in [0.05, 0.1) is 30.3 Å². The van der Waals surface area contributed by atoms with Gasteiger partial charge >= 0.3 is 23.9 Å². The van der Waals surface area contributed by atoms with Gasteiger partial charge in [0.1, 0.15) is 5.60 Å². The van der Waals surface area contributed by atoms with E-state index in [0.29, 0.717) is 18.9 Å². The van der Waals surface area contributed by atoms with Crippen molar-refractivity contribution >= 4 is 23.9 Å². The number of rotatable bonds is 6. The molecule has 2 heterocycles. The summed E-state index contributed by atoms with van der Waals surface area (Å²) in [5.74, 6) is -0.392. The molecular weight excluding hydrogens is 556 g/mol. The summed E-state index contributed by atoms with van der Waals surface area (Å²) in [6, 6.07) is 0. The largest absolute Gasteiger partial charge is 0.465 e. The van der Waals surface area contributed by atoms with Crippen LogP contribution in [0.2, 0.25) is 0 Å². The molecule has 44 heavy (non-hydrogen) atoms. The number of carbonyl (C=O) groups is 4. The molecule has 9 unspecified atom stereocenters. The Balaban J connectivity index is 0.00000161. The molecule has 6 saturated carbocycles. The summed E-state index contributed by atoms with van der Waals surface area (Å²) < 4.78 is 17.0. The third kappa shape index (κ3) is 5.65. The zero-order valence-electron chi connectivity index (χ0n) is 23.1. The molecule has 0 N–H and O–H groups in total. The highest BCUT2D eigenvalue weighted by Crippen LogP contribution is 2.65. The van der Waals surface area contributed by atoms with Crippen LogP contribution in [0.5, 0.6) is 0 Å². The third-order valence-corrected chi connectivity index (χ3v) is 12.9. The predicted octanol–water partition coefficient (Wildman–Crippen LogP) is 8.37. The molecule has 256 valence electrons. The van der Waals surface area contributed by atoms with Gasteiger partial charge in [-0.1, -0.05) is 58.4 Å². The van der Waals surface area contributed by atoms with Crippen molar-refractivity contribution in [2.45, 2.75) is 129 Å². The van der Waals surface area contributed by atoms with E-state index in [1.165, 1.54) is 19.3 Å². The number of cyclic esters (lactones) is 3. The summed E-state index contributed by atoms with van der Waals surface area (Å²) in [5, 5.41) is 0. The van der Waals surface area contributed by atoms with Gasteiger partial charge in [-0.25, -0.2) is 0 Å². The molecule has 8 aliphatic rings. The van der Waals surface area contributed by atoms with E-state index in [1.807, 2.05) is 0 Å². The van der Waals surface area contributed by atoms with Gasteiger partial charge in [-0.15, -0.1) is 0 Å². The summed E-state index contributed by atoms with van der Waals surface area (Å²) in [7, 11) is 0. The summed E-state index contributed by atoms with van der Waals surface area (Å²) in [5.41, 5.74) is -0.640. The minimum atomic E-state index is -0.814. The Labute approximate surface area is 269 Å². The van der Waals surface area contributed by atoms with Crippen molar-refractivity contribution in [3.8, 4) is 0 Å². The second-order valence-electron chi connectivity index (χ2n) is 14.9. The molecule has 0 radical (unpaired) electrons. The standard InChI is InChI=1S/C31H42O7.6CH4/c1-14-19(21-9-20(14)25-23(21)13-36-28(25)34)8-22(24-15(2)26(32)37-29(24)35)27(33)38-30(3,4)31-10-16-5-17(11-31)7-18(6-16)12-31;;;;;;/h14-25H,5-13H2,1-4H3;6*1H4. The van der Waals surface area contributed by atoms with Crippen LogP contribution in [0.15, 0.2) is 0 Å². The molecule has 2 saturated heterocycles. The minimum absolute atomic E-state index is 0. The molecule has 8 fully saturated rings. The quantitative estimate of drug-likeness (QED) is 0.167. The highest BCUT2D eigenvalue weighted by molar-refractivity contribution is 5.98. The van der Waals surface area contributed by atoms with Crippen LogP contribution in [0.4, 0.5) is 0 Å². The van der Waals surface area contributed by atoms with Gasteiger partial charge in [-0.2, -0.15) is 0 Å². The Kier molecular flexibility index (Phi) is 12.2. The van der Waals surface area contributed by atoms with E-state index in [9.17, 15) is 19.2 Å². The Morgan fingerprint density at radius 1 is 0.818 bits per heavy atom. The molecule has 9 atom stereocenters. The first kappa shape index (κ1) is 40.1. The first-order chi connectivity index (χ1) is 18.0. The van der Waals surface area contributed by atoms with Crippen molar-refractivity contribution in [3.63, 3.8) is 0 Å².